The summed E-state index contributed by atoms with van der Waals surface area (Å²) in [5.41, 5.74) is -0.749. The lowest BCUT2D eigenvalue weighted by Gasteiger charge is -2.40. The lowest BCUT2D eigenvalue weighted by Crippen LogP contribution is -2.52. The second-order valence-electron chi connectivity index (χ2n) is 6.45. The van der Waals surface area contributed by atoms with Gasteiger partial charge in [-0.3, -0.25) is 4.79 Å². The van der Waals surface area contributed by atoms with Crippen molar-refractivity contribution in [1.82, 2.24) is 8.61 Å². The van der Waals surface area contributed by atoms with Crippen LogP contribution in [0.25, 0.3) is 0 Å². The lowest BCUT2D eigenvalue weighted by molar-refractivity contribution is -0.151. The second-order valence-corrected chi connectivity index (χ2v) is 8.38. The Kier molecular flexibility index (Phi) is 4.95. The Morgan fingerprint density at radius 1 is 1.24 bits per heavy atom. The Labute approximate surface area is 127 Å². The highest BCUT2D eigenvalue weighted by molar-refractivity contribution is 7.86. The molecule has 0 aromatic rings. The Morgan fingerprint density at radius 2 is 1.86 bits per heavy atom. The number of nitrogens with zero attached hydrogens (tertiary/aromatic N) is 2. The normalized spacial score (nSPS) is 28.4. The zero-order valence-electron chi connectivity index (χ0n) is 12.9. The first-order chi connectivity index (χ1) is 9.82. The maximum absolute atomic E-state index is 12.7. The largest absolute Gasteiger partial charge is 0.481 e. The third kappa shape index (κ3) is 3.24. The SMILES string of the molecule is CCC1(C(=O)O)CCN(S(=O)(=O)N2CCCC(C)C2)CC1. The van der Waals surface area contributed by atoms with Gasteiger partial charge in [0.15, 0.2) is 0 Å². The summed E-state index contributed by atoms with van der Waals surface area (Å²) in [7, 11) is -3.43. The predicted molar refractivity (Wildman–Crippen MR) is 80.1 cm³/mol. The highest BCUT2D eigenvalue weighted by atomic mass is 32.2. The number of aliphatic carboxylic acids is 1. The van der Waals surface area contributed by atoms with Gasteiger partial charge in [-0.25, -0.2) is 0 Å². The van der Waals surface area contributed by atoms with Crippen LogP contribution in [0.2, 0.25) is 0 Å². The van der Waals surface area contributed by atoms with Crippen LogP contribution < -0.4 is 0 Å². The number of hydrogen-bond donors (Lipinski definition) is 1. The molecule has 2 aliphatic rings. The van der Waals surface area contributed by atoms with Crippen LogP contribution in [0.4, 0.5) is 0 Å². The van der Waals surface area contributed by atoms with E-state index >= 15 is 0 Å². The summed E-state index contributed by atoms with van der Waals surface area (Å²) in [5.74, 6) is -0.402. The van der Waals surface area contributed by atoms with E-state index in [0.717, 1.165) is 12.8 Å². The fourth-order valence-corrected chi connectivity index (χ4v) is 5.16. The molecule has 0 aromatic heterocycles. The summed E-state index contributed by atoms with van der Waals surface area (Å²) < 4.78 is 28.4. The van der Waals surface area contributed by atoms with Gasteiger partial charge < -0.3 is 5.11 Å². The van der Waals surface area contributed by atoms with E-state index in [0.29, 0.717) is 51.4 Å². The Balaban J connectivity index is 2.05. The topological polar surface area (TPSA) is 77.9 Å². The Morgan fingerprint density at radius 3 is 2.33 bits per heavy atom. The molecule has 0 radical (unpaired) electrons. The van der Waals surface area contributed by atoms with Crippen molar-refractivity contribution >= 4 is 16.2 Å². The van der Waals surface area contributed by atoms with E-state index in [9.17, 15) is 18.3 Å². The Bertz CT molecular complexity index is 483. The fraction of sp³-hybridized carbons (Fsp3) is 0.929. The molecule has 0 saturated carbocycles. The average molecular weight is 318 g/mol. The quantitative estimate of drug-likeness (QED) is 0.853. The number of rotatable bonds is 4. The molecule has 122 valence electrons. The average Bonchev–Trinajstić information content (AvgIpc) is 2.47. The molecular formula is C14H26N2O4S. The summed E-state index contributed by atoms with van der Waals surface area (Å²) in [6, 6.07) is 0. The molecule has 0 bridgehead atoms. The summed E-state index contributed by atoms with van der Waals surface area (Å²) >= 11 is 0. The van der Waals surface area contributed by atoms with Crippen molar-refractivity contribution in [2.75, 3.05) is 26.2 Å². The van der Waals surface area contributed by atoms with Crippen LogP contribution in [-0.4, -0.2) is 54.3 Å². The molecular weight excluding hydrogens is 292 g/mol. The highest BCUT2D eigenvalue weighted by Crippen LogP contribution is 2.36. The minimum Gasteiger partial charge on any atom is -0.481 e. The van der Waals surface area contributed by atoms with Crippen molar-refractivity contribution in [2.45, 2.75) is 46.0 Å². The standard InChI is InChI=1S/C14H26N2O4S/c1-3-14(13(17)18)6-9-15(10-7-14)21(19,20)16-8-4-5-12(2)11-16/h12H,3-11H2,1-2H3,(H,17,18). The van der Waals surface area contributed by atoms with Gasteiger partial charge in [0.2, 0.25) is 0 Å². The minimum atomic E-state index is -3.43. The molecule has 1 N–H and O–H groups in total. The first-order valence-corrected chi connectivity index (χ1v) is 9.20. The van der Waals surface area contributed by atoms with Crippen molar-refractivity contribution in [3.63, 3.8) is 0 Å². The van der Waals surface area contributed by atoms with E-state index < -0.39 is 21.6 Å². The second kappa shape index (κ2) is 6.22. The molecule has 7 heteroatoms. The van der Waals surface area contributed by atoms with Crippen molar-refractivity contribution in [2.24, 2.45) is 11.3 Å². The molecule has 21 heavy (non-hydrogen) atoms. The van der Waals surface area contributed by atoms with E-state index in [-0.39, 0.29) is 0 Å². The van der Waals surface area contributed by atoms with Crippen molar-refractivity contribution in [3.05, 3.63) is 0 Å². The van der Waals surface area contributed by atoms with Gasteiger partial charge in [-0.15, -0.1) is 0 Å². The predicted octanol–water partition coefficient (Wildman–Crippen LogP) is 1.54. The van der Waals surface area contributed by atoms with Crippen molar-refractivity contribution in [3.8, 4) is 0 Å². The Hall–Kier alpha value is -0.660. The van der Waals surface area contributed by atoms with E-state index in [1.54, 1.807) is 4.31 Å². The minimum absolute atomic E-state index is 0.313. The number of piperidine rings is 2. The summed E-state index contributed by atoms with van der Waals surface area (Å²) in [6.45, 7) is 5.73. The molecule has 0 spiro atoms. The molecule has 1 unspecified atom stereocenters. The first-order valence-electron chi connectivity index (χ1n) is 7.80. The lowest BCUT2D eigenvalue weighted by atomic mass is 9.77. The third-order valence-corrected chi connectivity index (χ3v) is 7.08. The van der Waals surface area contributed by atoms with Crippen LogP contribution in [-0.2, 0) is 15.0 Å². The van der Waals surface area contributed by atoms with E-state index in [2.05, 4.69) is 6.92 Å². The molecule has 6 nitrogen and oxygen atoms in total. The van der Waals surface area contributed by atoms with Crippen molar-refractivity contribution < 1.29 is 18.3 Å². The van der Waals surface area contributed by atoms with E-state index in [1.165, 1.54) is 4.31 Å². The van der Waals surface area contributed by atoms with Crippen LogP contribution >= 0.6 is 0 Å². The number of carboxylic acids is 1. The van der Waals surface area contributed by atoms with Gasteiger partial charge in [0.25, 0.3) is 10.2 Å². The van der Waals surface area contributed by atoms with Gasteiger partial charge in [-0.2, -0.15) is 17.0 Å². The van der Waals surface area contributed by atoms with Crippen LogP contribution in [0.15, 0.2) is 0 Å². The van der Waals surface area contributed by atoms with Gasteiger partial charge in [-0.05, 0) is 38.0 Å². The molecule has 0 aromatic carbocycles. The maximum Gasteiger partial charge on any atom is 0.309 e. The van der Waals surface area contributed by atoms with Crippen molar-refractivity contribution in [1.29, 1.82) is 0 Å². The van der Waals surface area contributed by atoms with Gasteiger partial charge in [0, 0.05) is 26.2 Å². The summed E-state index contributed by atoms with van der Waals surface area (Å²) in [4.78, 5) is 11.4. The maximum atomic E-state index is 12.7. The number of carboxylic acid groups (broad SMARTS) is 1. The molecule has 2 fully saturated rings. The molecule has 2 rings (SSSR count). The highest BCUT2D eigenvalue weighted by Gasteiger charge is 2.43. The third-order valence-electron chi connectivity index (χ3n) is 5.08. The van der Waals surface area contributed by atoms with Gasteiger partial charge >= 0.3 is 5.97 Å². The summed E-state index contributed by atoms with van der Waals surface area (Å²) in [5, 5.41) is 9.38. The zero-order chi connectivity index (χ0) is 15.7. The molecule has 1 atom stereocenters. The molecule has 0 aliphatic carbocycles. The van der Waals surface area contributed by atoms with Crippen LogP contribution in [0, 0.1) is 11.3 Å². The molecule has 2 heterocycles. The smallest absolute Gasteiger partial charge is 0.309 e. The van der Waals surface area contributed by atoms with Gasteiger partial charge in [-0.1, -0.05) is 13.8 Å². The van der Waals surface area contributed by atoms with Crippen LogP contribution in [0.5, 0.6) is 0 Å². The monoisotopic (exact) mass is 318 g/mol. The van der Waals surface area contributed by atoms with Crippen LogP contribution in [0.3, 0.4) is 0 Å². The summed E-state index contributed by atoms with van der Waals surface area (Å²) in [6.07, 6.45) is 3.34. The first kappa shape index (κ1) is 16.7. The van der Waals surface area contributed by atoms with E-state index in [4.69, 9.17) is 0 Å². The van der Waals surface area contributed by atoms with Gasteiger partial charge in [0.05, 0.1) is 5.41 Å². The zero-order valence-corrected chi connectivity index (χ0v) is 13.7. The molecule has 2 aliphatic heterocycles. The van der Waals surface area contributed by atoms with Crippen LogP contribution in [0.1, 0.15) is 46.0 Å². The fourth-order valence-electron chi connectivity index (χ4n) is 3.38. The number of carbonyl (C=O) groups is 1. The molecule has 0 amide bonds. The molecule has 2 saturated heterocycles. The number of hydrogen-bond acceptors (Lipinski definition) is 3. The van der Waals surface area contributed by atoms with E-state index in [1.807, 2.05) is 6.92 Å². The van der Waals surface area contributed by atoms with Gasteiger partial charge in [0.1, 0.15) is 0 Å².